The smallest absolute Gasteiger partial charge is 0.0441 e. The summed E-state index contributed by atoms with van der Waals surface area (Å²) >= 11 is 3.52. The number of aromatic nitrogens is 1. The number of benzene rings is 1. The first-order valence-corrected chi connectivity index (χ1v) is 7.02. The van der Waals surface area contributed by atoms with E-state index in [2.05, 4.69) is 51.1 Å². The molecule has 2 aromatic rings. The number of rotatable bonds is 4. The van der Waals surface area contributed by atoms with E-state index in [1.54, 1.807) is 6.20 Å². The van der Waals surface area contributed by atoms with Gasteiger partial charge in [-0.2, -0.15) is 0 Å². The van der Waals surface area contributed by atoms with E-state index < -0.39 is 0 Å². The lowest BCUT2D eigenvalue weighted by atomic mass is 10.1. The first-order chi connectivity index (χ1) is 9.08. The highest BCUT2D eigenvalue weighted by Gasteiger charge is 2.11. The van der Waals surface area contributed by atoms with Crippen LogP contribution in [0.3, 0.4) is 0 Å². The second kappa shape index (κ2) is 6.17. The first kappa shape index (κ1) is 14.0. The highest BCUT2D eigenvalue weighted by molar-refractivity contribution is 9.10. The number of pyridine rings is 1. The van der Waals surface area contributed by atoms with Crippen LogP contribution in [0.2, 0.25) is 0 Å². The molecule has 0 spiro atoms. The van der Waals surface area contributed by atoms with Crippen LogP contribution in [-0.2, 0) is 6.54 Å². The van der Waals surface area contributed by atoms with Gasteiger partial charge in [-0.05, 0) is 36.2 Å². The molecule has 0 saturated carbocycles. The molecule has 0 aliphatic carbocycles. The number of nitrogens with zero attached hydrogens (tertiary/aromatic N) is 2. The quantitative estimate of drug-likeness (QED) is 0.937. The lowest BCUT2D eigenvalue weighted by molar-refractivity contribution is 0.800. The summed E-state index contributed by atoms with van der Waals surface area (Å²) in [6.45, 7) is 2.81. The molecule has 0 aliphatic heterocycles. The van der Waals surface area contributed by atoms with Crippen LogP contribution in [-0.4, -0.2) is 12.0 Å². The molecule has 1 heterocycles. The minimum absolute atomic E-state index is 0.0134. The molecule has 1 unspecified atom stereocenters. The van der Waals surface area contributed by atoms with Gasteiger partial charge in [0, 0.05) is 42.2 Å². The van der Waals surface area contributed by atoms with Crippen LogP contribution >= 0.6 is 15.9 Å². The molecule has 100 valence electrons. The molecule has 19 heavy (non-hydrogen) atoms. The topological polar surface area (TPSA) is 42.1 Å². The van der Waals surface area contributed by atoms with Crippen LogP contribution in [0.15, 0.2) is 47.2 Å². The minimum atomic E-state index is 0.0134. The Kier molecular flexibility index (Phi) is 4.56. The molecule has 2 N–H and O–H groups in total. The Hall–Kier alpha value is -1.39. The largest absolute Gasteiger partial charge is 0.370 e. The molecule has 2 rings (SSSR count). The highest BCUT2D eigenvalue weighted by Crippen LogP contribution is 2.28. The minimum Gasteiger partial charge on any atom is -0.370 e. The van der Waals surface area contributed by atoms with Gasteiger partial charge in [0.05, 0.1) is 0 Å². The zero-order valence-corrected chi connectivity index (χ0v) is 12.8. The van der Waals surface area contributed by atoms with Crippen molar-refractivity contribution in [3.63, 3.8) is 0 Å². The maximum Gasteiger partial charge on any atom is 0.0441 e. The fourth-order valence-corrected chi connectivity index (χ4v) is 2.43. The van der Waals surface area contributed by atoms with Gasteiger partial charge in [0.25, 0.3) is 0 Å². The van der Waals surface area contributed by atoms with E-state index in [1.807, 2.05) is 25.3 Å². The molecular formula is C15H18BrN3. The number of hydrogen-bond acceptors (Lipinski definition) is 3. The zero-order valence-electron chi connectivity index (χ0n) is 11.2. The third kappa shape index (κ3) is 3.55. The fraction of sp³-hybridized carbons (Fsp3) is 0.267. The van der Waals surface area contributed by atoms with Crippen molar-refractivity contribution in [2.75, 3.05) is 11.9 Å². The Morgan fingerprint density at radius 2 is 2.16 bits per heavy atom. The van der Waals surface area contributed by atoms with E-state index >= 15 is 0 Å². The van der Waals surface area contributed by atoms with E-state index in [9.17, 15) is 0 Å². The standard InChI is InChI=1S/C15H18BrN3/c1-11(17)14-6-5-13(16)8-15(14)19(2)10-12-4-3-7-18-9-12/h3-9,11H,10,17H2,1-2H3. The van der Waals surface area contributed by atoms with Crippen molar-refractivity contribution in [3.05, 3.63) is 58.3 Å². The Bertz CT molecular complexity index is 540. The summed E-state index contributed by atoms with van der Waals surface area (Å²) in [4.78, 5) is 6.34. The summed E-state index contributed by atoms with van der Waals surface area (Å²) in [5, 5.41) is 0. The van der Waals surface area contributed by atoms with Crippen molar-refractivity contribution in [3.8, 4) is 0 Å². The van der Waals surface area contributed by atoms with Crippen LogP contribution in [0, 0.1) is 0 Å². The maximum absolute atomic E-state index is 6.04. The van der Waals surface area contributed by atoms with Crippen molar-refractivity contribution in [2.45, 2.75) is 19.5 Å². The normalized spacial score (nSPS) is 12.2. The highest BCUT2D eigenvalue weighted by atomic mass is 79.9. The molecule has 1 atom stereocenters. The second-order valence-corrected chi connectivity index (χ2v) is 5.62. The van der Waals surface area contributed by atoms with E-state index in [-0.39, 0.29) is 6.04 Å². The van der Waals surface area contributed by atoms with Crippen molar-refractivity contribution in [1.29, 1.82) is 0 Å². The summed E-state index contributed by atoms with van der Waals surface area (Å²) in [6, 6.07) is 10.3. The number of anilines is 1. The fourth-order valence-electron chi connectivity index (χ4n) is 2.08. The monoisotopic (exact) mass is 319 g/mol. The Morgan fingerprint density at radius 3 is 2.79 bits per heavy atom. The summed E-state index contributed by atoms with van der Waals surface area (Å²) in [6.07, 6.45) is 3.68. The summed E-state index contributed by atoms with van der Waals surface area (Å²) in [5.74, 6) is 0. The number of nitrogens with two attached hydrogens (primary N) is 1. The molecule has 1 aromatic heterocycles. The summed E-state index contributed by atoms with van der Waals surface area (Å²) < 4.78 is 1.06. The van der Waals surface area contributed by atoms with Crippen molar-refractivity contribution < 1.29 is 0 Å². The molecule has 0 amide bonds. The van der Waals surface area contributed by atoms with Gasteiger partial charge >= 0.3 is 0 Å². The van der Waals surface area contributed by atoms with Gasteiger partial charge in [-0.25, -0.2) is 0 Å². The van der Waals surface area contributed by atoms with Gasteiger partial charge in [0.15, 0.2) is 0 Å². The van der Waals surface area contributed by atoms with Crippen LogP contribution < -0.4 is 10.6 Å². The average molecular weight is 320 g/mol. The number of hydrogen-bond donors (Lipinski definition) is 1. The third-order valence-corrected chi connectivity index (χ3v) is 3.53. The molecule has 0 saturated heterocycles. The Balaban J connectivity index is 2.27. The van der Waals surface area contributed by atoms with Gasteiger partial charge in [-0.3, -0.25) is 4.98 Å². The summed E-state index contributed by atoms with van der Waals surface area (Å²) in [5.41, 5.74) is 9.52. The zero-order chi connectivity index (χ0) is 13.8. The van der Waals surface area contributed by atoms with Crippen LogP contribution in [0.25, 0.3) is 0 Å². The van der Waals surface area contributed by atoms with Crippen LogP contribution in [0.4, 0.5) is 5.69 Å². The predicted molar refractivity (Wildman–Crippen MR) is 83.1 cm³/mol. The van der Waals surface area contributed by atoms with Gasteiger partial charge in [-0.1, -0.05) is 28.1 Å². The predicted octanol–water partition coefficient (Wildman–Crippen LogP) is 3.50. The molecule has 3 nitrogen and oxygen atoms in total. The molecule has 0 aliphatic rings. The summed E-state index contributed by atoms with van der Waals surface area (Å²) in [7, 11) is 2.07. The molecular weight excluding hydrogens is 302 g/mol. The molecule has 4 heteroatoms. The first-order valence-electron chi connectivity index (χ1n) is 6.23. The average Bonchev–Trinajstić information content (AvgIpc) is 2.39. The lowest BCUT2D eigenvalue weighted by Gasteiger charge is -2.24. The van der Waals surface area contributed by atoms with Gasteiger partial charge < -0.3 is 10.6 Å². The third-order valence-electron chi connectivity index (χ3n) is 3.04. The van der Waals surface area contributed by atoms with E-state index in [4.69, 9.17) is 5.73 Å². The van der Waals surface area contributed by atoms with Gasteiger partial charge in [0.2, 0.25) is 0 Å². The van der Waals surface area contributed by atoms with Crippen LogP contribution in [0.1, 0.15) is 24.1 Å². The maximum atomic E-state index is 6.04. The molecule has 0 fully saturated rings. The Morgan fingerprint density at radius 1 is 1.37 bits per heavy atom. The van der Waals surface area contributed by atoms with E-state index in [0.717, 1.165) is 22.3 Å². The molecule has 0 radical (unpaired) electrons. The second-order valence-electron chi connectivity index (χ2n) is 4.71. The molecule has 0 bridgehead atoms. The Labute approximate surface area is 122 Å². The van der Waals surface area contributed by atoms with Gasteiger partial charge in [-0.15, -0.1) is 0 Å². The van der Waals surface area contributed by atoms with Crippen LogP contribution in [0.5, 0.6) is 0 Å². The van der Waals surface area contributed by atoms with E-state index in [0.29, 0.717) is 0 Å². The van der Waals surface area contributed by atoms with Crippen molar-refractivity contribution >= 4 is 21.6 Å². The molecule has 1 aromatic carbocycles. The van der Waals surface area contributed by atoms with Crippen molar-refractivity contribution in [1.82, 2.24) is 4.98 Å². The van der Waals surface area contributed by atoms with Gasteiger partial charge in [0.1, 0.15) is 0 Å². The van der Waals surface area contributed by atoms with Crippen molar-refractivity contribution in [2.24, 2.45) is 5.73 Å². The number of halogens is 1. The SMILES string of the molecule is CC(N)c1ccc(Br)cc1N(C)Cc1cccnc1. The lowest BCUT2D eigenvalue weighted by Crippen LogP contribution is -2.20. The van der Waals surface area contributed by atoms with E-state index in [1.165, 1.54) is 5.56 Å².